The number of carbonyl (C=O) groups excluding carboxylic acids is 2. The normalized spacial score (nSPS) is 17.9. The molecule has 0 radical (unpaired) electrons. The molecule has 9 nitrogen and oxygen atoms in total. The van der Waals surface area contributed by atoms with Gasteiger partial charge in [-0.25, -0.2) is 14.7 Å². The van der Waals surface area contributed by atoms with Crippen LogP contribution in [0.3, 0.4) is 0 Å². The van der Waals surface area contributed by atoms with Gasteiger partial charge in [-0.1, -0.05) is 11.8 Å². The Bertz CT molecular complexity index is 660. The Morgan fingerprint density at radius 3 is 2.54 bits per heavy atom. The molecule has 24 heavy (non-hydrogen) atoms. The van der Waals surface area contributed by atoms with Crippen molar-refractivity contribution in [2.75, 3.05) is 38.5 Å². The van der Waals surface area contributed by atoms with Gasteiger partial charge in [-0.3, -0.25) is 9.36 Å². The van der Waals surface area contributed by atoms with E-state index in [1.54, 1.807) is 21.3 Å². The number of aromatic nitrogens is 3. The lowest BCUT2D eigenvalue weighted by atomic mass is 10.3. The first kappa shape index (κ1) is 16.9. The standard InChI is InChI=1S/C14H21N5O4S/c1-2-23-14(22)18-7-5-17(6-8-18)11(20)9-24-13-16-15-12(21)19(13)10-3-4-10/h10H,2-9H2,1H3,(H,15,21). The van der Waals surface area contributed by atoms with Crippen LogP contribution in [0, 0.1) is 0 Å². The van der Waals surface area contributed by atoms with Gasteiger partial charge >= 0.3 is 11.8 Å². The molecule has 1 N–H and O–H groups in total. The number of nitrogens with one attached hydrogen (secondary N) is 1. The zero-order valence-electron chi connectivity index (χ0n) is 13.6. The Labute approximate surface area is 143 Å². The largest absolute Gasteiger partial charge is 0.450 e. The van der Waals surface area contributed by atoms with Crippen LogP contribution < -0.4 is 5.69 Å². The molecule has 0 atom stereocenters. The minimum Gasteiger partial charge on any atom is -0.450 e. The van der Waals surface area contributed by atoms with Gasteiger partial charge in [0.1, 0.15) is 0 Å². The molecule has 2 heterocycles. The predicted octanol–water partition coefficient (Wildman–Crippen LogP) is 0.299. The average Bonchev–Trinajstić information content (AvgIpc) is 3.36. The fraction of sp³-hybridized carbons (Fsp3) is 0.714. The van der Waals surface area contributed by atoms with E-state index in [4.69, 9.17) is 4.74 Å². The summed E-state index contributed by atoms with van der Waals surface area (Å²) in [5.74, 6) is 0.220. The van der Waals surface area contributed by atoms with Gasteiger partial charge in [0.2, 0.25) is 5.91 Å². The number of rotatable bonds is 5. The highest BCUT2D eigenvalue weighted by Gasteiger charge is 2.29. The number of aromatic amines is 1. The minimum absolute atomic E-state index is 0.0127. The van der Waals surface area contributed by atoms with Crippen LogP contribution in [-0.4, -0.2) is 75.1 Å². The third-order valence-corrected chi connectivity index (χ3v) is 5.00. The number of nitrogens with zero attached hydrogens (tertiary/aromatic N) is 4. The van der Waals surface area contributed by atoms with Crippen molar-refractivity contribution < 1.29 is 14.3 Å². The third-order valence-electron chi connectivity index (χ3n) is 4.07. The van der Waals surface area contributed by atoms with Gasteiger partial charge in [0.15, 0.2) is 5.16 Å². The highest BCUT2D eigenvalue weighted by Crippen LogP contribution is 2.36. The molecular formula is C14H21N5O4S. The highest BCUT2D eigenvalue weighted by molar-refractivity contribution is 7.99. The molecule has 1 aliphatic carbocycles. The van der Waals surface area contributed by atoms with E-state index in [2.05, 4.69) is 10.2 Å². The van der Waals surface area contributed by atoms with Crippen molar-refractivity contribution in [2.24, 2.45) is 0 Å². The summed E-state index contributed by atoms with van der Waals surface area (Å²) in [6.07, 6.45) is 1.64. The molecule has 0 spiro atoms. The van der Waals surface area contributed by atoms with Crippen LogP contribution in [0.1, 0.15) is 25.8 Å². The van der Waals surface area contributed by atoms with E-state index in [1.807, 2.05) is 0 Å². The molecule has 2 aliphatic rings. The van der Waals surface area contributed by atoms with Crippen molar-refractivity contribution in [3.63, 3.8) is 0 Å². The smallest absolute Gasteiger partial charge is 0.409 e. The van der Waals surface area contributed by atoms with E-state index >= 15 is 0 Å². The molecule has 1 aromatic rings. The Kier molecular flexibility index (Phi) is 5.12. The average molecular weight is 355 g/mol. The zero-order valence-corrected chi connectivity index (χ0v) is 14.4. The maximum Gasteiger partial charge on any atom is 0.409 e. The van der Waals surface area contributed by atoms with Crippen LogP contribution in [-0.2, 0) is 9.53 Å². The van der Waals surface area contributed by atoms with E-state index in [0.717, 1.165) is 12.8 Å². The fourth-order valence-corrected chi connectivity index (χ4v) is 3.53. The number of H-pyrrole nitrogens is 1. The first-order valence-electron chi connectivity index (χ1n) is 8.09. The molecule has 1 aliphatic heterocycles. The topological polar surface area (TPSA) is 101 Å². The number of hydrogen-bond acceptors (Lipinski definition) is 6. The lowest BCUT2D eigenvalue weighted by Gasteiger charge is -2.34. The number of carbonyl (C=O) groups is 2. The van der Waals surface area contributed by atoms with Crippen molar-refractivity contribution >= 4 is 23.8 Å². The first-order valence-corrected chi connectivity index (χ1v) is 9.08. The van der Waals surface area contributed by atoms with Crippen molar-refractivity contribution in [3.8, 4) is 0 Å². The fourth-order valence-electron chi connectivity index (χ4n) is 2.62. The summed E-state index contributed by atoms with van der Waals surface area (Å²) >= 11 is 1.28. The molecule has 3 rings (SSSR count). The Balaban J connectivity index is 1.48. The van der Waals surface area contributed by atoms with E-state index < -0.39 is 0 Å². The molecule has 0 unspecified atom stereocenters. The van der Waals surface area contributed by atoms with Crippen LogP contribution in [0.2, 0.25) is 0 Å². The number of piperazine rings is 1. The summed E-state index contributed by atoms with van der Waals surface area (Å²) in [6.45, 7) is 4.06. The Morgan fingerprint density at radius 1 is 1.25 bits per heavy atom. The monoisotopic (exact) mass is 355 g/mol. The first-order chi connectivity index (χ1) is 11.6. The molecule has 2 fully saturated rings. The Morgan fingerprint density at radius 2 is 1.92 bits per heavy atom. The molecule has 0 aromatic carbocycles. The van der Waals surface area contributed by atoms with Gasteiger partial charge in [-0.2, -0.15) is 0 Å². The van der Waals surface area contributed by atoms with E-state index in [0.29, 0.717) is 37.9 Å². The van der Waals surface area contributed by atoms with Gasteiger partial charge in [-0.15, -0.1) is 5.10 Å². The molecule has 1 aromatic heterocycles. The summed E-state index contributed by atoms with van der Waals surface area (Å²) in [6, 6.07) is 0.224. The Hall–Kier alpha value is -1.97. The van der Waals surface area contributed by atoms with Crippen LogP contribution in [0.5, 0.6) is 0 Å². The van der Waals surface area contributed by atoms with Crippen LogP contribution >= 0.6 is 11.8 Å². The molecule has 0 bridgehead atoms. The lowest BCUT2D eigenvalue weighted by Crippen LogP contribution is -2.51. The SMILES string of the molecule is CCOC(=O)N1CCN(C(=O)CSc2n[nH]c(=O)n2C2CC2)CC1. The lowest BCUT2D eigenvalue weighted by molar-refractivity contribution is -0.129. The van der Waals surface area contributed by atoms with E-state index in [-0.39, 0.29) is 29.5 Å². The molecule has 10 heteroatoms. The molecule has 1 saturated heterocycles. The maximum atomic E-state index is 12.3. The van der Waals surface area contributed by atoms with E-state index in [9.17, 15) is 14.4 Å². The summed E-state index contributed by atoms with van der Waals surface area (Å²) in [4.78, 5) is 39.0. The van der Waals surface area contributed by atoms with Gasteiger partial charge in [-0.05, 0) is 19.8 Å². The molecular weight excluding hydrogens is 334 g/mol. The summed E-state index contributed by atoms with van der Waals surface area (Å²) in [5, 5.41) is 7.01. The van der Waals surface area contributed by atoms with Crippen LogP contribution in [0.15, 0.2) is 9.95 Å². The third kappa shape index (κ3) is 3.74. The van der Waals surface area contributed by atoms with Gasteiger partial charge in [0, 0.05) is 32.2 Å². The van der Waals surface area contributed by atoms with Crippen molar-refractivity contribution in [3.05, 3.63) is 10.5 Å². The second kappa shape index (κ2) is 7.29. The molecule has 2 amide bonds. The second-order valence-electron chi connectivity index (χ2n) is 5.77. The number of amides is 2. The molecule has 1 saturated carbocycles. The summed E-state index contributed by atoms with van der Waals surface area (Å²) in [5.41, 5.74) is -0.213. The van der Waals surface area contributed by atoms with Crippen molar-refractivity contribution in [1.82, 2.24) is 24.6 Å². The summed E-state index contributed by atoms with van der Waals surface area (Å²) in [7, 11) is 0. The van der Waals surface area contributed by atoms with Crippen LogP contribution in [0.4, 0.5) is 4.79 Å². The number of thioether (sulfide) groups is 1. The number of hydrogen-bond donors (Lipinski definition) is 1. The number of ether oxygens (including phenoxy) is 1. The molecule has 132 valence electrons. The summed E-state index contributed by atoms with van der Waals surface area (Å²) < 4.78 is 6.60. The van der Waals surface area contributed by atoms with E-state index in [1.165, 1.54) is 11.8 Å². The highest BCUT2D eigenvalue weighted by atomic mass is 32.2. The maximum absolute atomic E-state index is 12.3. The minimum atomic E-state index is -0.330. The predicted molar refractivity (Wildman–Crippen MR) is 87.0 cm³/mol. The zero-order chi connectivity index (χ0) is 17.1. The second-order valence-corrected chi connectivity index (χ2v) is 6.71. The quantitative estimate of drug-likeness (QED) is 0.763. The van der Waals surface area contributed by atoms with Crippen molar-refractivity contribution in [1.29, 1.82) is 0 Å². The van der Waals surface area contributed by atoms with Gasteiger partial charge in [0.25, 0.3) is 0 Å². The van der Waals surface area contributed by atoms with Gasteiger partial charge < -0.3 is 14.5 Å². The van der Waals surface area contributed by atoms with Gasteiger partial charge in [0.05, 0.1) is 12.4 Å². The van der Waals surface area contributed by atoms with Crippen molar-refractivity contribution in [2.45, 2.75) is 31.0 Å². The van der Waals surface area contributed by atoms with Crippen LogP contribution in [0.25, 0.3) is 0 Å².